The zero-order valence-electron chi connectivity index (χ0n) is 18.2. The molecule has 1 atom stereocenters. The summed E-state index contributed by atoms with van der Waals surface area (Å²) in [5, 5.41) is 2.78. The molecule has 0 aliphatic carbocycles. The zero-order valence-corrected chi connectivity index (χ0v) is 18.2. The van der Waals surface area contributed by atoms with Crippen LogP contribution in [-0.4, -0.2) is 74.7 Å². The van der Waals surface area contributed by atoms with E-state index in [0.717, 1.165) is 5.75 Å². The Hall–Kier alpha value is -3.26. The lowest BCUT2D eigenvalue weighted by molar-refractivity contribution is -0.134. The fourth-order valence-electron chi connectivity index (χ4n) is 3.26. The molecule has 3 rings (SSSR count). The second-order valence-electron chi connectivity index (χ2n) is 7.36. The largest absolute Gasteiger partial charge is 0.497 e. The van der Waals surface area contributed by atoms with E-state index in [2.05, 4.69) is 5.32 Å². The average Bonchev–Trinajstić information content (AvgIpc) is 2.78. The Morgan fingerprint density at radius 2 is 1.90 bits per heavy atom. The molecular weight excluding hydrogens is 398 g/mol. The summed E-state index contributed by atoms with van der Waals surface area (Å²) in [7, 11) is 3.19. The SMILES string of the molecule is CCN(CC(=O)N(C)CC(=O)Nc1cccc(OC)c1)CC1COc2ccccc2O1. The van der Waals surface area contributed by atoms with E-state index >= 15 is 0 Å². The maximum Gasteiger partial charge on any atom is 0.243 e. The van der Waals surface area contributed by atoms with E-state index in [0.29, 0.717) is 36.9 Å². The molecule has 1 aliphatic heterocycles. The summed E-state index contributed by atoms with van der Waals surface area (Å²) in [5.41, 5.74) is 0.620. The molecule has 1 unspecified atom stereocenters. The lowest BCUT2D eigenvalue weighted by atomic mass is 10.2. The quantitative estimate of drug-likeness (QED) is 0.661. The van der Waals surface area contributed by atoms with E-state index in [4.69, 9.17) is 14.2 Å². The number of nitrogens with one attached hydrogen (secondary N) is 1. The van der Waals surface area contributed by atoms with Crippen LogP contribution in [-0.2, 0) is 9.59 Å². The Labute approximate surface area is 182 Å². The number of amides is 2. The number of hydrogen-bond acceptors (Lipinski definition) is 6. The first kappa shape index (κ1) is 22.4. The molecule has 2 aromatic rings. The lowest BCUT2D eigenvalue weighted by Crippen LogP contribution is -2.46. The zero-order chi connectivity index (χ0) is 22.2. The van der Waals surface area contributed by atoms with Crippen LogP contribution in [0.1, 0.15) is 6.92 Å². The Balaban J connectivity index is 1.47. The van der Waals surface area contributed by atoms with Crippen molar-refractivity contribution in [3.05, 3.63) is 48.5 Å². The lowest BCUT2D eigenvalue weighted by Gasteiger charge is -2.31. The molecule has 1 aliphatic rings. The number of fused-ring (bicyclic) bond motifs is 1. The molecule has 0 radical (unpaired) electrons. The van der Waals surface area contributed by atoms with Gasteiger partial charge in [-0.3, -0.25) is 14.5 Å². The molecule has 0 saturated heterocycles. The van der Waals surface area contributed by atoms with Gasteiger partial charge >= 0.3 is 0 Å². The molecular formula is C23H29N3O5. The highest BCUT2D eigenvalue weighted by Crippen LogP contribution is 2.31. The van der Waals surface area contributed by atoms with Crippen molar-refractivity contribution in [2.45, 2.75) is 13.0 Å². The second kappa shape index (κ2) is 10.7. The van der Waals surface area contributed by atoms with Crippen LogP contribution in [0, 0.1) is 0 Å². The summed E-state index contributed by atoms with van der Waals surface area (Å²) in [5.74, 6) is 1.69. The second-order valence-corrected chi connectivity index (χ2v) is 7.36. The third-order valence-corrected chi connectivity index (χ3v) is 5.00. The molecule has 1 heterocycles. The van der Waals surface area contributed by atoms with Crippen LogP contribution in [0.15, 0.2) is 48.5 Å². The van der Waals surface area contributed by atoms with Gasteiger partial charge in [0, 0.05) is 25.3 Å². The van der Waals surface area contributed by atoms with Crippen molar-refractivity contribution < 1.29 is 23.8 Å². The first-order chi connectivity index (χ1) is 15.0. The van der Waals surface area contributed by atoms with Crippen LogP contribution < -0.4 is 19.5 Å². The molecule has 2 amide bonds. The van der Waals surface area contributed by atoms with Crippen LogP contribution in [0.25, 0.3) is 0 Å². The first-order valence-corrected chi connectivity index (χ1v) is 10.3. The van der Waals surface area contributed by atoms with Crippen LogP contribution in [0.2, 0.25) is 0 Å². The molecule has 0 bridgehead atoms. The minimum Gasteiger partial charge on any atom is -0.497 e. The van der Waals surface area contributed by atoms with Crippen LogP contribution in [0.4, 0.5) is 5.69 Å². The van der Waals surface area contributed by atoms with E-state index < -0.39 is 0 Å². The third-order valence-electron chi connectivity index (χ3n) is 5.00. The highest BCUT2D eigenvalue weighted by atomic mass is 16.6. The molecule has 0 aromatic heterocycles. The number of ether oxygens (including phenoxy) is 3. The van der Waals surface area contributed by atoms with E-state index in [1.807, 2.05) is 36.1 Å². The molecule has 2 aromatic carbocycles. The summed E-state index contributed by atoms with van der Waals surface area (Å²) in [6.07, 6.45) is -0.163. The third kappa shape index (κ3) is 6.36. The number of nitrogens with zero attached hydrogens (tertiary/aromatic N) is 2. The maximum absolute atomic E-state index is 12.7. The molecule has 8 heteroatoms. The minimum absolute atomic E-state index is 0.0377. The van der Waals surface area contributed by atoms with Crippen LogP contribution in [0.3, 0.4) is 0 Å². The summed E-state index contributed by atoms with van der Waals surface area (Å²) in [4.78, 5) is 28.4. The van der Waals surface area contributed by atoms with Crippen LogP contribution in [0.5, 0.6) is 17.2 Å². The number of likely N-dealkylation sites (N-methyl/N-ethyl adjacent to an activating group) is 2. The van der Waals surface area contributed by atoms with Gasteiger partial charge in [-0.2, -0.15) is 0 Å². The van der Waals surface area contributed by atoms with Crippen molar-refractivity contribution in [2.75, 3.05) is 52.3 Å². The molecule has 0 fully saturated rings. The highest BCUT2D eigenvalue weighted by molar-refractivity contribution is 5.94. The fourth-order valence-corrected chi connectivity index (χ4v) is 3.26. The predicted molar refractivity (Wildman–Crippen MR) is 118 cm³/mol. The summed E-state index contributed by atoms with van der Waals surface area (Å²) >= 11 is 0. The van der Waals surface area contributed by atoms with E-state index in [9.17, 15) is 9.59 Å². The number of carbonyl (C=O) groups is 2. The Kier molecular flexibility index (Phi) is 7.72. The smallest absolute Gasteiger partial charge is 0.243 e. The number of carbonyl (C=O) groups excluding carboxylic acids is 2. The van der Waals surface area contributed by atoms with Gasteiger partial charge in [-0.25, -0.2) is 0 Å². The minimum atomic E-state index is -0.271. The van der Waals surface area contributed by atoms with Gasteiger partial charge in [0.1, 0.15) is 18.5 Å². The van der Waals surface area contributed by atoms with Crippen molar-refractivity contribution in [1.82, 2.24) is 9.80 Å². The number of benzene rings is 2. The van der Waals surface area contributed by atoms with Crippen molar-refractivity contribution in [2.24, 2.45) is 0 Å². The molecule has 31 heavy (non-hydrogen) atoms. The normalized spacial score (nSPS) is 14.8. The summed E-state index contributed by atoms with van der Waals surface area (Å²) < 4.78 is 16.9. The predicted octanol–water partition coefficient (Wildman–Crippen LogP) is 2.25. The Bertz CT molecular complexity index is 904. The monoisotopic (exact) mass is 427 g/mol. The molecule has 8 nitrogen and oxygen atoms in total. The van der Waals surface area contributed by atoms with Gasteiger partial charge in [0.15, 0.2) is 11.5 Å². The first-order valence-electron chi connectivity index (χ1n) is 10.3. The number of para-hydroxylation sites is 2. The highest BCUT2D eigenvalue weighted by Gasteiger charge is 2.24. The number of rotatable bonds is 9. The van der Waals surface area contributed by atoms with Gasteiger partial charge in [-0.05, 0) is 30.8 Å². The van der Waals surface area contributed by atoms with Gasteiger partial charge < -0.3 is 24.4 Å². The molecule has 166 valence electrons. The van der Waals surface area contributed by atoms with Crippen LogP contribution >= 0.6 is 0 Å². The molecule has 0 saturated carbocycles. The van der Waals surface area contributed by atoms with Gasteiger partial charge in [-0.15, -0.1) is 0 Å². The van der Waals surface area contributed by atoms with Gasteiger partial charge in [-0.1, -0.05) is 25.1 Å². The van der Waals surface area contributed by atoms with E-state index in [-0.39, 0.29) is 31.0 Å². The van der Waals surface area contributed by atoms with E-state index in [1.165, 1.54) is 4.90 Å². The Morgan fingerprint density at radius 3 is 2.65 bits per heavy atom. The average molecular weight is 428 g/mol. The Morgan fingerprint density at radius 1 is 1.13 bits per heavy atom. The number of hydrogen-bond donors (Lipinski definition) is 1. The number of anilines is 1. The standard InChI is InChI=1S/C23H29N3O5/c1-4-26(13-19-16-30-20-10-5-6-11-21(20)31-19)15-23(28)25(2)14-22(27)24-17-8-7-9-18(12-17)29-3/h5-12,19H,4,13-16H2,1-3H3,(H,24,27). The summed E-state index contributed by atoms with van der Waals surface area (Å²) in [6, 6.07) is 14.6. The molecule has 0 spiro atoms. The summed E-state index contributed by atoms with van der Waals surface area (Å²) in [6.45, 7) is 3.81. The van der Waals surface area contributed by atoms with Gasteiger partial charge in [0.25, 0.3) is 0 Å². The van der Waals surface area contributed by atoms with Gasteiger partial charge in [0.2, 0.25) is 11.8 Å². The maximum atomic E-state index is 12.7. The fraction of sp³-hybridized carbons (Fsp3) is 0.391. The van der Waals surface area contributed by atoms with Crippen molar-refractivity contribution in [3.63, 3.8) is 0 Å². The molecule has 1 N–H and O–H groups in total. The number of methoxy groups -OCH3 is 1. The van der Waals surface area contributed by atoms with Crippen molar-refractivity contribution in [1.29, 1.82) is 0 Å². The van der Waals surface area contributed by atoms with Crippen molar-refractivity contribution in [3.8, 4) is 17.2 Å². The van der Waals surface area contributed by atoms with Gasteiger partial charge in [0.05, 0.1) is 20.2 Å². The van der Waals surface area contributed by atoms with E-state index in [1.54, 1.807) is 38.4 Å². The van der Waals surface area contributed by atoms with Crippen molar-refractivity contribution >= 4 is 17.5 Å². The topological polar surface area (TPSA) is 80.3 Å².